The van der Waals surface area contributed by atoms with Crippen LogP contribution in [0.4, 0.5) is 0 Å². The summed E-state index contributed by atoms with van der Waals surface area (Å²) in [5.41, 5.74) is 13.6. The van der Waals surface area contributed by atoms with E-state index in [1.54, 1.807) is 0 Å². The molecule has 0 bridgehead atoms. The van der Waals surface area contributed by atoms with Crippen molar-refractivity contribution in [2.45, 2.75) is 0 Å². The number of rotatable bonds is 6. The van der Waals surface area contributed by atoms with Gasteiger partial charge in [0.25, 0.3) is 0 Å². The highest BCUT2D eigenvalue weighted by atomic mass is 16.3. The molecule has 2 heterocycles. The molecule has 0 atom stereocenters. The molecule has 7 aromatic carbocycles. The fraction of sp³-hybridized carbons (Fsp3) is 0. The molecule has 9 rings (SSSR count). The lowest BCUT2D eigenvalue weighted by atomic mass is 9.82. The molecule has 0 unspecified atom stereocenters. The lowest BCUT2D eigenvalue weighted by molar-refractivity contribution is 0.669. The maximum absolute atomic E-state index is 6.50. The van der Waals surface area contributed by atoms with Crippen LogP contribution in [-0.4, -0.2) is 15.4 Å². The second kappa shape index (κ2) is 12.2. The van der Waals surface area contributed by atoms with E-state index in [2.05, 4.69) is 144 Å². The molecule has 0 aliphatic rings. The zero-order chi connectivity index (χ0) is 32.6. The molecule has 49 heavy (non-hydrogen) atoms. The molecule has 0 amide bonds. The molecule has 0 spiro atoms. The van der Waals surface area contributed by atoms with E-state index in [1.807, 2.05) is 42.5 Å². The minimum absolute atomic E-state index is 0.762. The van der Waals surface area contributed by atoms with Crippen molar-refractivity contribution in [1.29, 1.82) is 0 Å². The zero-order valence-electron chi connectivity index (χ0n) is 26.5. The maximum atomic E-state index is 6.50. The molecule has 4 heteroatoms. The van der Waals surface area contributed by atoms with Crippen molar-refractivity contribution >= 4 is 21.9 Å². The summed E-state index contributed by atoms with van der Waals surface area (Å²) in [7, 11) is 0. The van der Waals surface area contributed by atoms with Crippen LogP contribution in [0.25, 0.3) is 89.0 Å². The van der Waals surface area contributed by atoms with Crippen molar-refractivity contribution in [2.24, 2.45) is 0 Å². The second-order valence-corrected chi connectivity index (χ2v) is 12.0. The van der Waals surface area contributed by atoms with Gasteiger partial charge in [-0.2, -0.15) is 0 Å². The Morgan fingerprint density at radius 1 is 0.327 bits per heavy atom. The Bertz CT molecular complexity index is 2580. The van der Waals surface area contributed by atoms with Crippen molar-refractivity contribution in [2.75, 3.05) is 0 Å². The van der Waals surface area contributed by atoms with Gasteiger partial charge in [-0.3, -0.25) is 0 Å². The third-order valence-corrected chi connectivity index (χ3v) is 9.16. The van der Waals surface area contributed by atoms with Crippen LogP contribution in [0.1, 0.15) is 0 Å². The SMILES string of the molecule is c1ccc(-c2cccc(-c3c(-c4ccccc4)ccc4oc5ccccc5c34)c2-c2nnnc(-c3ccccc3)c2-c2ccccc2)cc1. The molecule has 0 saturated heterocycles. The van der Waals surface area contributed by atoms with Gasteiger partial charge in [0.15, 0.2) is 0 Å². The second-order valence-electron chi connectivity index (χ2n) is 12.0. The molecule has 230 valence electrons. The quantitative estimate of drug-likeness (QED) is 0.184. The fourth-order valence-corrected chi connectivity index (χ4v) is 7.00. The van der Waals surface area contributed by atoms with E-state index < -0.39 is 0 Å². The van der Waals surface area contributed by atoms with Gasteiger partial charge in [-0.15, -0.1) is 10.2 Å². The summed E-state index contributed by atoms with van der Waals surface area (Å²) >= 11 is 0. The van der Waals surface area contributed by atoms with Gasteiger partial charge in [-0.05, 0) is 50.7 Å². The number of nitrogens with zero attached hydrogens (tertiary/aromatic N) is 3. The molecule has 0 fully saturated rings. The van der Waals surface area contributed by atoms with Crippen LogP contribution in [0, 0.1) is 0 Å². The number of para-hydroxylation sites is 1. The van der Waals surface area contributed by atoms with Crippen LogP contribution < -0.4 is 0 Å². The lowest BCUT2D eigenvalue weighted by Gasteiger charge is -2.21. The Labute approximate surface area is 284 Å². The van der Waals surface area contributed by atoms with Gasteiger partial charge in [0.05, 0.1) is 0 Å². The van der Waals surface area contributed by atoms with Crippen molar-refractivity contribution in [3.63, 3.8) is 0 Å². The molecule has 0 radical (unpaired) electrons. The summed E-state index contributed by atoms with van der Waals surface area (Å²) in [6.07, 6.45) is 0. The van der Waals surface area contributed by atoms with Crippen LogP contribution in [0.15, 0.2) is 180 Å². The monoisotopic (exact) mass is 627 g/mol. The van der Waals surface area contributed by atoms with Crippen LogP contribution in [0.2, 0.25) is 0 Å². The van der Waals surface area contributed by atoms with Crippen LogP contribution in [-0.2, 0) is 0 Å². The third-order valence-electron chi connectivity index (χ3n) is 9.16. The van der Waals surface area contributed by atoms with Crippen molar-refractivity contribution in [1.82, 2.24) is 15.4 Å². The molecular weight excluding hydrogens is 599 g/mol. The topological polar surface area (TPSA) is 51.8 Å². The number of fused-ring (bicyclic) bond motifs is 3. The van der Waals surface area contributed by atoms with E-state index in [4.69, 9.17) is 9.52 Å². The van der Waals surface area contributed by atoms with Crippen LogP contribution in [0.3, 0.4) is 0 Å². The Kier molecular flexibility index (Phi) is 7.10. The highest BCUT2D eigenvalue weighted by Crippen LogP contribution is 2.50. The molecule has 0 aliphatic carbocycles. The maximum Gasteiger partial charge on any atom is 0.136 e. The number of hydrogen-bond donors (Lipinski definition) is 0. The summed E-state index contributed by atoms with van der Waals surface area (Å²) in [6, 6.07) is 60.8. The van der Waals surface area contributed by atoms with Gasteiger partial charge in [0.2, 0.25) is 0 Å². The van der Waals surface area contributed by atoms with Gasteiger partial charge in [-0.1, -0.05) is 164 Å². The predicted octanol–water partition coefficient (Wildman–Crippen LogP) is 11.8. The largest absolute Gasteiger partial charge is 0.456 e. The number of hydrogen-bond acceptors (Lipinski definition) is 4. The predicted molar refractivity (Wildman–Crippen MR) is 200 cm³/mol. The summed E-state index contributed by atoms with van der Waals surface area (Å²) in [5, 5.41) is 16.2. The lowest BCUT2D eigenvalue weighted by Crippen LogP contribution is -2.03. The van der Waals surface area contributed by atoms with E-state index in [0.717, 1.165) is 89.0 Å². The minimum Gasteiger partial charge on any atom is -0.456 e. The summed E-state index contributed by atoms with van der Waals surface area (Å²) in [6.45, 7) is 0. The first-order valence-corrected chi connectivity index (χ1v) is 16.4. The average Bonchev–Trinajstić information content (AvgIpc) is 3.57. The number of furan rings is 1. The molecule has 2 aromatic heterocycles. The Balaban J connectivity index is 1.47. The van der Waals surface area contributed by atoms with Gasteiger partial charge in [-0.25, -0.2) is 0 Å². The smallest absolute Gasteiger partial charge is 0.136 e. The standard InChI is InChI=1S/C45H29N3O/c1-5-16-30(17-6-1)34-25-15-26-37(41-35(31-18-7-2-8-19-31)28-29-39-43(41)36-24-13-14-27-38(36)49-39)42(34)45-40(32-20-9-3-10-21-32)44(46-48-47-45)33-22-11-4-12-23-33/h1-29H. The number of benzene rings is 7. The van der Waals surface area contributed by atoms with E-state index in [0.29, 0.717) is 0 Å². The van der Waals surface area contributed by atoms with E-state index in [-0.39, 0.29) is 0 Å². The molecule has 0 saturated carbocycles. The van der Waals surface area contributed by atoms with E-state index in [1.165, 1.54) is 0 Å². The average molecular weight is 628 g/mol. The first-order chi connectivity index (χ1) is 24.3. The highest BCUT2D eigenvalue weighted by molar-refractivity contribution is 6.18. The van der Waals surface area contributed by atoms with Crippen molar-refractivity contribution in [3.8, 4) is 67.0 Å². The normalized spacial score (nSPS) is 11.3. The third kappa shape index (κ3) is 4.98. The van der Waals surface area contributed by atoms with Crippen LogP contribution >= 0.6 is 0 Å². The molecule has 0 aliphatic heterocycles. The number of aromatic nitrogens is 3. The molecular formula is C45H29N3O. The summed E-state index contributed by atoms with van der Waals surface area (Å²) in [4.78, 5) is 0. The van der Waals surface area contributed by atoms with E-state index >= 15 is 0 Å². The van der Waals surface area contributed by atoms with Crippen molar-refractivity contribution < 1.29 is 4.42 Å². The van der Waals surface area contributed by atoms with Gasteiger partial charge < -0.3 is 4.42 Å². The first kappa shape index (κ1) is 28.6. The molecule has 4 nitrogen and oxygen atoms in total. The first-order valence-electron chi connectivity index (χ1n) is 16.4. The van der Waals surface area contributed by atoms with E-state index in [9.17, 15) is 0 Å². The Morgan fingerprint density at radius 2 is 0.857 bits per heavy atom. The van der Waals surface area contributed by atoms with Crippen LogP contribution in [0.5, 0.6) is 0 Å². The van der Waals surface area contributed by atoms with Gasteiger partial charge in [0, 0.05) is 33.0 Å². The van der Waals surface area contributed by atoms with Gasteiger partial charge in [0.1, 0.15) is 22.6 Å². The Morgan fingerprint density at radius 3 is 1.53 bits per heavy atom. The van der Waals surface area contributed by atoms with Gasteiger partial charge >= 0.3 is 0 Å². The highest BCUT2D eigenvalue weighted by Gasteiger charge is 2.26. The molecule has 0 N–H and O–H groups in total. The van der Waals surface area contributed by atoms with Crippen molar-refractivity contribution in [3.05, 3.63) is 176 Å². The summed E-state index contributed by atoms with van der Waals surface area (Å²) < 4.78 is 6.50. The minimum atomic E-state index is 0.762. The fourth-order valence-electron chi connectivity index (χ4n) is 7.00. The summed E-state index contributed by atoms with van der Waals surface area (Å²) in [5.74, 6) is 0. The molecule has 9 aromatic rings. The zero-order valence-corrected chi connectivity index (χ0v) is 26.5. The Hall–Kier alpha value is -6.65.